The zero-order chi connectivity index (χ0) is 30.9. The number of methoxy groups -OCH3 is 1. The topological polar surface area (TPSA) is 139 Å². The van der Waals surface area contributed by atoms with Gasteiger partial charge in [0.1, 0.15) is 30.2 Å². The fraction of sp³-hybridized carbons (Fsp3) is 0.594. The predicted molar refractivity (Wildman–Crippen MR) is 159 cm³/mol. The molecule has 8 atom stereocenters. The van der Waals surface area contributed by atoms with E-state index in [-0.39, 0.29) is 23.2 Å². The van der Waals surface area contributed by atoms with Gasteiger partial charge in [0.15, 0.2) is 11.7 Å². The lowest BCUT2D eigenvalue weighted by Gasteiger charge is -2.41. The molecule has 2 rings (SSSR count). The molecule has 4 N–H and O–H groups in total. The Balaban J connectivity index is 2.08. The maximum atomic E-state index is 12.6. The maximum absolute atomic E-state index is 12.6. The molecule has 41 heavy (non-hydrogen) atoms. The molecule has 230 valence electrons. The van der Waals surface area contributed by atoms with Gasteiger partial charge in [0, 0.05) is 11.5 Å². The van der Waals surface area contributed by atoms with Crippen LogP contribution in [0.5, 0.6) is 5.95 Å². The van der Waals surface area contributed by atoms with Gasteiger partial charge < -0.3 is 39.1 Å². The molecule has 0 bridgehead atoms. The van der Waals surface area contributed by atoms with Crippen LogP contribution >= 0.6 is 0 Å². The highest BCUT2D eigenvalue weighted by atomic mass is 16.7. The summed E-state index contributed by atoms with van der Waals surface area (Å²) in [5.74, 6) is 0.819. The van der Waals surface area contributed by atoms with Gasteiger partial charge in [-0.25, -0.2) is 0 Å². The van der Waals surface area contributed by atoms with E-state index in [0.717, 1.165) is 17.6 Å². The number of allylic oxidation sites excluding steroid dienone is 5. The van der Waals surface area contributed by atoms with E-state index in [4.69, 9.17) is 18.6 Å². The van der Waals surface area contributed by atoms with Crippen molar-refractivity contribution >= 4 is 6.08 Å². The van der Waals surface area contributed by atoms with Crippen molar-refractivity contribution in [3.63, 3.8) is 0 Å². The van der Waals surface area contributed by atoms with Crippen LogP contribution in [0.4, 0.5) is 0 Å². The quantitative estimate of drug-likeness (QED) is 0.204. The summed E-state index contributed by atoms with van der Waals surface area (Å²) in [6, 6.07) is 0. The fourth-order valence-corrected chi connectivity index (χ4v) is 4.79. The van der Waals surface area contributed by atoms with Crippen molar-refractivity contribution in [1.82, 2.24) is 0 Å². The van der Waals surface area contributed by atoms with Gasteiger partial charge in [0.05, 0.1) is 25.4 Å². The summed E-state index contributed by atoms with van der Waals surface area (Å²) >= 11 is 0. The average molecular weight is 577 g/mol. The summed E-state index contributed by atoms with van der Waals surface area (Å²) in [7, 11) is 1.49. The van der Waals surface area contributed by atoms with Crippen LogP contribution in [0.2, 0.25) is 0 Å². The van der Waals surface area contributed by atoms with Crippen LogP contribution in [-0.4, -0.2) is 71.0 Å². The molecule has 0 aromatic carbocycles. The minimum Gasteiger partial charge on any atom is -0.468 e. The van der Waals surface area contributed by atoms with Crippen molar-refractivity contribution in [3.8, 4) is 5.95 Å². The van der Waals surface area contributed by atoms with E-state index >= 15 is 0 Å². The van der Waals surface area contributed by atoms with Crippen molar-refractivity contribution in [1.29, 1.82) is 0 Å². The van der Waals surface area contributed by atoms with Gasteiger partial charge in [0.25, 0.3) is 5.95 Å². The highest BCUT2D eigenvalue weighted by Crippen LogP contribution is 2.28. The molecule has 9 nitrogen and oxygen atoms in total. The first-order valence-corrected chi connectivity index (χ1v) is 14.2. The van der Waals surface area contributed by atoms with E-state index in [1.165, 1.54) is 7.11 Å². The Bertz CT molecular complexity index is 1160. The molecule has 0 radical (unpaired) electrons. The summed E-state index contributed by atoms with van der Waals surface area (Å²) in [5, 5.41) is 40.1. The molecular formula is C32H48O9. The minimum atomic E-state index is -1.50. The van der Waals surface area contributed by atoms with Crippen LogP contribution in [0, 0.1) is 18.8 Å². The smallest absolute Gasteiger partial charge is 0.291 e. The van der Waals surface area contributed by atoms with Gasteiger partial charge in [-0.05, 0) is 58.1 Å². The molecule has 1 aromatic heterocycles. The fourth-order valence-electron chi connectivity index (χ4n) is 4.79. The third-order valence-electron chi connectivity index (χ3n) is 7.47. The van der Waals surface area contributed by atoms with Gasteiger partial charge in [0.2, 0.25) is 0 Å². The van der Waals surface area contributed by atoms with Gasteiger partial charge in [-0.1, -0.05) is 56.7 Å². The molecule has 1 fully saturated rings. The van der Waals surface area contributed by atoms with E-state index < -0.39 is 43.4 Å². The molecular weight excluding hydrogens is 528 g/mol. The van der Waals surface area contributed by atoms with E-state index in [1.54, 1.807) is 6.92 Å². The van der Waals surface area contributed by atoms with Gasteiger partial charge in [-0.3, -0.25) is 4.79 Å². The first-order valence-electron chi connectivity index (χ1n) is 14.2. The van der Waals surface area contributed by atoms with E-state index in [2.05, 4.69) is 19.1 Å². The van der Waals surface area contributed by atoms with Gasteiger partial charge in [-0.15, -0.1) is 0 Å². The molecule has 1 saturated heterocycles. The van der Waals surface area contributed by atoms with Crippen molar-refractivity contribution < 1.29 is 39.1 Å². The molecule has 1 aromatic rings. The molecule has 2 heterocycles. The highest BCUT2D eigenvalue weighted by molar-refractivity contribution is 5.49. The average Bonchev–Trinajstić information content (AvgIpc) is 2.95. The van der Waals surface area contributed by atoms with Crippen LogP contribution in [0.1, 0.15) is 64.9 Å². The normalized spacial score (nSPS) is 26.5. The third-order valence-corrected chi connectivity index (χ3v) is 7.47. The largest absolute Gasteiger partial charge is 0.468 e. The standard InChI is InChI=1S/C32H48O9/c1-9-20(5)30(41-32-29(37)28(36)27(35)25(17-33)40-32)21(6)16-19(4)13-11-12-18(3)14-15-24-22(7)26(34)23(10-2)31(38-8)39-24/h9,11,13-16,18,21,25,27-30,32-33,35-37H,10,12,17H2,1-8H3/b13-11+,15-14+,19-16+,20-9+/t18?,21?,25-,27-,28+,29-,30?,32+/m0/s1. The third kappa shape index (κ3) is 8.98. The first kappa shape index (κ1) is 34.7. The maximum Gasteiger partial charge on any atom is 0.291 e. The lowest BCUT2D eigenvalue weighted by atomic mass is 9.94. The van der Waals surface area contributed by atoms with E-state index in [9.17, 15) is 25.2 Å². The zero-order valence-corrected chi connectivity index (χ0v) is 25.5. The Morgan fingerprint density at radius 1 is 1.12 bits per heavy atom. The molecule has 1 aliphatic heterocycles. The number of ether oxygens (including phenoxy) is 3. The Labute approximate surface area is 243 Å². The molecule has 9 heteroatoms. The van der Waals surface area contributed by atoms with E-state index in [1.807, 2.05) is 58.9 Å². The van der Waals surface area contributed by atoms with Crippen molar-refractivity contribution in [2.45, 2.75) is 98.1 Å². The highest BCUT2D eigenvalue weighted by Gasteiger charge is 2.45. The second-order valence-corrected chi connectivity index (χ2v) is 10.8. The number of hydrogen-bond acceptors (Lipinski definition) is 9. The molecule has 0 aliphatic carbocycles. The lowest BCUT2D eigenvalue weighted by molar-refractivity contribution is -0.310. The Morgan fingerprint density at radius 3 is 2.39 bits per heavy atom. The Morgan fingerprint density at radius 2 is 1.80 bits per heavy atom. The second kappa shape index (κ2) is 16.2. The summed E-state index contributed by atoms with van der Waals surface area (Å²) in [6.07, 6.45) is 6.08. The van der Waals surface area contributed by atoms with Gasteiger partial charge >= 0.3 is 0 Å². The zero-order valence-electron chi connectivity index (χ0n) is 25.5. The van der Waals surface area contributed by atoms with Gasteiger partial charge in [-0.2, -0.15) is 0 Å². The summed E-state index contributed by atoms with van der Waals surface area (Å²) in [5.41, 5.74) is 2.97. The molecule has 0 saturated carbocycles. The van der Waals surface area contributed by atoms with Crippen LogP contribution in [-0.2, 0) is 15.9 Å². The number of hydrogen-bond donors (Lipinski definition) is 4. The summed E-state index contributed by atoms with van der Waals surface area (Å²) in [4.78, 5) is 12.6. The molecule has 0 amide bonds. The predicted octanol–water partition coefficient (Wildman–Crippen LogP) is 3.85. The van der Waals surface area contributed by atoms with Crippen LogP contribution in [0.15, 0.2) is 50.7 Å². The van der Waals surface area contributed by atoms with E-state index in [0.29, 0.717) is 23.3 Å². The minimum absolute atomic E-state index is 0.0559. The lowest BCUT2D eigenvalue weighted by Crippen LogP contribution is -2.60. The first-order chi connectivity index (χ1) is 19.4. The monoisotopic (exact) mass is 576 g/mol. The Kier molecular flexibility index (Phi) is 13.7. The SMILES string of the molecule is C/C=C(\C)C(O[C@H]1O[C@@H](CO)[C@H](O)[C@@H](O)[C@@H]1O)C(C)/C=C(C)/C=C/CC(C)/C=C/c1oc(OC)c(CC)c(=O)c1C. The summed E-state index contributed by atoms with van der Waals surface area (Å²) in [6.45, 7) is 13.0. The number of aliphatic hydroxyl groups excluding tert-OH is 4. The second-order valence-electron chi connectivity index (χ2n) is 10.8. The Hall–Kier alpha value is -2.53. The number of aliphatic hydroxyl groups is 4. The molecule has 0 spiro atoms. The van der Waals surface area contributed by atoms with Crippen molar-refractivity contribution in [2.75, 3.05) is 13.7 Å². The summed E-state index contributed by atoms with van der Waals surface area (Å²) < 4.78 is 22.7. The van der Waals surface area contributed by atoms with Crippen molar-refractivity contribution in [3.05, 3.63) is 68.6 Å². The van der Waals surface area contributed by atoms with Crippen LogP contribution in [0.25, 0.3) is 6.08 Å². The molecule has 3 unspecified atom stereocenters. The van der Waals surface area contributed by atoms with Crippen LogP contribution in [0.3, 0.4) is 0 Å². The number of rotatable bonds is 13. The van der Waals surface area contributed by atoms with Crippen LogP contribution < -0.4 is 10.2 Å². The van der Waals surface area contributed by atoms with Crippen molar-refractivity contribution in [2.24, 2.45) is 11.8 Å². The molecule has 1 aliphatic rings.